The summed E-state index contributed by atoms with van der Waals surface area (Å²) in [5.74, 6) is -0.885. The second-order valence-corrected chi connectivity index (χ2v) is 7.71. The zero-order chi connectivity index (χ0) is 24.1. The summed E-state index contributed by atoms with van der Waals surface area (Å²) >= 11 is 0. The predicted molar refractivity (Wildman–Crippen MR) is 120 cm³/mol. The van der Waals surface area contributed by atoms with Gasteiger partial charge in [-0.2, -0.15) is 0 Å². The zero-order valence-electron chi connectivity index (χ0n) is 18.7. The summed E-state index contributed by atoms with van der Waals surface area (Å²) in [5.41, 5.74) is 1.41. The standard InChI is InChI=1S/C24H25N3O6/c1-15(29)20(8-5-13-28)27-22(30)19-7-4-6-16(21(19)23(27)31)14-26(2)24(32)25-17-9-11-18(33-3)12-10-17/h4,6-7,9-13,20H,5,8,14H2,1-3H3,(H,25,32). The molecular formula is C24H25N3O6. The van der Waals surface area contributed by atoms with E-state index in [1.54, 1.807) is 50.6 Å². The molecule has 0 fully saturated rings. The van der Waals surface area contributed by atoms with Crippen LogP contribution in [0.5, 0.6) is 5.75 Å². The van der Waals surface area contributed by atoms with Crippen LogP contribution in [0.2, 0.25) is 0 Å². The number of urea groups is 1. The Hall–Kier alpha value is -4.01. The van der Waals surface area contributed by atoms with Gasteiger partial charge in [-0.1, -0.05) is 12.1 Å². The van der Waals surface area contributed by atoms with Gasteiger partial charge in [-0.15, -0.1) is 0 Å². The number of amides is 4. The van der Waals surface area contributed by atoms with E-state index in [2.05, 4.69) is 5.32 Å². The molecule has 0 radical (unpaired) electrons. The first-order chi connectivity index (χ1) is 15.8. The second-order valence-electron chi connectivity index (χ2n) is 7.71. The van der Waals surface area contributed by atoms with Crippen molar-refractivity contribution in [3.8, 4) is 5.75 Å². The average molecular weight is 451 g/mol. The van der Waals surface area contributed by atoms with Gasteiger partial charge in [0.1, 0.15) is 12.0 Å². The number of carbonyl (C=O) groups is 5. The Kier molecular flexibility index (Phi) is 7.22. The molecule has 2 aromatic carbocycles. The fourth-order valence-corrected chi connectivity index (χ4v) is 3.75. The highest BCUT2D eigenvalue weighted by Gasteiger charge is 2.42. The lowest BCUT2D eigenvalue weighted by molar-refractivity contribution is -0.121. The maximum absolute atomic E-state index is 13.2. The van der Waals surface area contributed by atoms with Gasteiger partial charge in [-0.05, 0) is 49.2 Å². The number of benzene rings is 2. The highest BCUT2D eigenvalue weighted by atomic mass is 16.5. The highest BCUT2D eigenvalue weighted by molar-refractivity contribution is 6.23. The monoisotopic (exact) mass is 451 g/mol. The number of nitrogens with one attached hydrogen (secondary N) is 1. The van der Waals surface area contributed by atoms with Crippen LogP contribution in [0.4, 0.5) is 10.5 Å². The minimum Gasteiger partial charge on any atom is -0.497 e. The van der Waals surface area contributed by atoms with Crippen LogP contribution >= 0.6 is 0 Å². The summed E-state index contributed by atoms with van der Waals surface area (Å²) in [6.07, 6.45) is 0.776. The summed E-state index contributed by atoms with van der Waals surface area (Å²) in [7, 11) is 3.12. The Morgan fingerprint density at radius 2 is 1.82 bits per heavy atom. The third-order valence-corrected chi connectivity index (χ3v) is 5.47. The fraction of sp³-hybridized carbons (Fsp3) is 0.292. The fourth-order valence-electron chi connectivity index (χ4n) is 3.75. The maximum Gasteiger partial charge on any atom is 0.321 e. The van der Waals surface area contributed by atoms with Gasteiger partial charge in [0, 0.05) is 25.7 Å². The summed E-state index contributed by atoms with van der Waals surface area (Å²) in [5, 5.41) is 2.76. The van der Waals surface area contributed by atoms with E-state index in [9.17, 15) is 24.0 Å². The van der Waals surface area contributed by atoms with Crippen LogP contribution in [0.15, 0.2) is 42.5 Å². The molecule has 4 amide bonds. The number of carbonyl (C=O) groups excluding carboxylic acids is 5. The molecule has 9 nitrogen and oxygen atoms in total. The van der Waals surface area contributed by atoms with Crippen molar-refractivity contribution in [2.24, 2.45) is 0 Å². The first-order valence-electron chi connectivity index (χ1n) is 10.4. The Morgan fingerprint density at radius 3 is 2.42 bits per heavy atom. The number of hydrogen-bond donors (Lipinski definition) is 1. The van der Waals surface area contributed by atoms with E-state index in [1.165, 1.54) is 17.9 Å². The second kappa shape index (κ2) is 10.1. The minimum absolute atomic E-state index is 0.0543. The summed E-state index contributed by atoms with van der Waals surface area (Å²) in [4.78, 5) is 64.0. The largest absolute Gasteiger partial charge is 0.497 e. The lowest BCUT2D eigenvalue weighted by Gasteiger charge is -2.23. The lowest BCUT2D eigenvalue weighted by atomic mass is 10.0. The molecule has 0 bridgehead atoms. The number of Topliss-reactive ketones (excluding diaryl/α,β-unsaturated/α-hetero) is 1. The van der Waals surface area contributed by atoms with Crippen molar-refractivity contribution in [2.45, 2.75) is 32.4 Å². The molecule has 9 heteroatoms. The van der Waals surface area contributed by atoms with Gasteiger partial charge >= 0.3 is 6.03 Å². The van der Waals surface area contributed by atoms with Crippen molar-refractivity contribution in [2.75, 3.05) is 19.5 Å². The smallest absolute Gasteiger partial charge is 0.321 e. The summed E-state index contributed by atoms with van der Waals surface area (Å²) < 4.78 is 5.10. The van der Waals surface area contributed by atoms with Gasteiger partial charge in [-0.3, -0.25) is 19.3 Å². The van der Waals surface area contributed by atoms with Gasteiger partial charge in [0.15, 0.2) is 5.78 Å². The number of aldehydes is 1. The highest BCUT2D eigenvalue weighted by Crippen LogP contribution is 2.30. The number of nitrogens with zero attached hydrogens (tertiary/aromatic N) is 2. The molecule has 1 aliphatic rings. The Balaban J connectivity index is 1.80. The minimum atomic E-state index is -1.01. The van der Waals surface area contributed by atoms with Gasteiger partial charge < -0.3 is 19.7 Å². The van der Waals surface area contributed by atoms with Crippen LogP contribution in [-0.2, 0) is 16.1 Å². The molecule has 0 aliphatic carbocycles. The molecular weight excluding hydrogens is 426 g/mol. The van der Waals surface area contributed by atoms with E-state index in [-0.39, 0.29) is 36.3 Å². The molecule has 0 saturated heterocycles. The molecule has 3 rings (SSSR count). The molecule has 1 aliphatic heterocycles. The van der Waals surface area contributed by atoms with E-state index >= 15 is 0 Å². The van der Waals surface area contributed by atoms with E-state index in [4.69, 9.17) is 4.74 Å². The first-order valence-corrected chi connectivity index (χ1v) is 10.4. The number of imide groups is 1. The van der Waals surface area contributed by atoms with E-state index in [0.717, 1.165) is 4.90 Å². The predicted octanol–water partition coefficient (Wildman–Crippen LogP) is 2.89. The first kappa shape index (κ1) is 23.6. The SMILES string of the molecule is COc1ccc(NC(=O)N(C)Cc2cccc3c2C(=O)N(C(CCC=O)C(C)=O)C3=O)cc1. The van der Waals surface area contributed by atoms with Crippen molar-refractivity contribution in [1.82, 2.24) is 9.80 Å². The molecule has 1 atom stereocenters. The zero-order valence-corrected chi connectivity index (χ0v) is 18.7. The third-order valence-electron chi connectivity index (χ3n) is 5.47. The van der Waals surface area contributed by atoms with Crippen LogP contribution in [0, 0.1) is 0 Å². The van der Waals surface area contributed by atoms with Crippen molar-refractivity contribution < 1.29 is 28.7 Å². The molecule has 33 heavy (non-hydrogen) atoms. The number of fused-ring (bicyclic) bond motifs is 1. The Bertz CT molecular complexity index is 1100. The Morgan fingerprint density at radius 1 is 1.12 bits per heavy atom. The van der Waals surface area contributed by atoms with Gasteiger partial charge in [0.25, 0.3) is 11.8 Å². The number of anilines is 1. The quantitative estimate of drug-likeness (QED) is 0.463. The summed E-state index contributed by atoms with van der Waals surface area (Å²) in [6.45, 7) is 1.36. The normalized spacial score (nSPS) is 13.4. The van der Waals surface area contributed by atoms with Gasteiger partial charge in [0.05, 0.1) is 24.3 Å². The molecule has 0 saturated carbocycles. The van der Waals surface area contributed by atoms with Crippen LogP contribution in [0.25, 0.3) is 0 Å². The molecule has 1 heterocycles. The van der Waals surface area contributed by atoms with Crippen molar-refractivity contribution >= 4 is 35.6 Å². The molecule has 1 N–H and O–H groups in total. The van der Waals surface area contributed by atoms with Crippen molar-refractivity contribution in [3.63, 3.8) is 0 Å². The number of ketones is 1. The molecule has 172 valence electrons. The molecule has 1 unspecified atom stereocenters. The van der Waals surface area contributed by atoms with Crippen LogP contribution in [0.3, 0.4) is 0 Å². The van der Waals surface area contributed by atoms with Crippen molar-refractivity contribution in [1.29, 1.82) is 0 Å². The molecule has 2 aromatic rings. The lowest BCUT2D eigenvalue weighted by Crippen LogP contribution is -2.44. The number of hydrogen-bond acceptors (Lipinski definition) is 6. The average Bonchev–Trinajstić information content (AvgIpc) is 3.05. The maximum atomic E-state index is 13.2. The van der Waals surface area contributed by atoms with Crippen LogP contribution in [-0.4, -0.2) is 59.9 Å². The Labute approximate surface area is 191 Å². The third kappa shape index (κ3) is 4.92. The topological polar surface area (TPSA) is 113 Å². The van der Waals surface area contributed by atoms with Crippen molar-refractivity contribution in [3.05, 3.63) is 59.2 Å². The van der Waals surface area contributed by atoms with Gasteiger partial charge in [-0.25, -0.2) is 4.79 Å². The van der Waals surface area contributed by atoms with Crippen LogP contribution < -0.4 is 10.1 Å². The van der Waals surface area contributed by atoms with E-state index in [1.807, 2.05) is 0 Å². The number of rotatable bonds is 9. The van der Waals surface area contributed by atoms with E-state index in [0.29, 0.717) is 23.3 Å². The molecule has 0 aromatic heterocycles. The number of ether oxygens (including phenoxy) is 1. The molecule has 0 spiro atoms. The number of methoxy groups -OCH3 is 1. The summed E-state index contributed by atoms with van der Waals surface area (Å²) in [6, 6.07) is 10.2. The van der Waals surface area contributed by atoms with E-state index < -0.39 is 23.9 Å². The van der Waals surface area contributed by atoms with Gasteiger partial charge in [0.2, 0.25) is 0 Å². The van der Waals surface area contributed by atoms with Crippen LogP contribution in [0.1, 0.15) is 46.0 Å².